The maximum atomic E-state index is 12.9. The molecule has 0 spiro atoms. The van der Waals surface area contributed by atoms with Crippen molar-refractivity contribution in [1.29, 1.82) is 0 Å². The number of methoxy groups -OCH3 is 2. The first kappa shape index (κ1) is 20.7. The second-order valence-electron chi connectivity index (χ2n) is 5.04. The van der Waals surface area contributed by atoms with E-state index in [0.29, 0.717) is 4.90 Å². The van der Waals surface area contributed by atoms with Gasteiger partial charge in [0.2, 0.25) is 0 Å². The van der Waals surface area contributed by atoms with Gasteiger partial charge in [-0.05, 0) is 24.3 Å². The fourth-order valence-corrected chi connectivity index (χ4v) is 3.75. The van der Waals surface area contributed by atoms with Crippen LogP contribution in [0.1, 0.15) is 25.6 Å². The first-order valence-electron chi connectivity index (χ1n) is 7.49. The van der Waals surface area contributed by atoms with E-state index in [1.807, 2.05) is 0 Å². The van der Waals surface area contributed by atoms with Crippen LogP contribution in [0.2, 0.25) is 0 Å². The van der Waals surface area contributed by atoms with E-state index < -0.39 is 17.9 Å². The molecule has 7 nitrogen and oxygen atoms in total. The Bertz CT molecular complexity index is 850. The quantitative estimate of drug-likeness (QED) is 0.420. The van der Waals surface area contributed by atoms with Crippen LogP contribution in [-0.2, 0) is 25.6 Å². The number of ether oxygens (including phenoxy) is 3. The molecule has 0 bridgehead atoms. The van der Waals surface area contributed by atoms with Crippen molar-refractivity contribution in [3.8, 4) is 0 Å². The van der Waals surface area contributed by atoms with E-state index in [4.69, 9.17) is 10.5 Å². The summed E-state index contributed by atoms with van der Waals surface area (Å²) in [5.41, 5.74) is 5.91. The molecule has 1 aromatic heterocycles. The number of thiophene rings is 1. The lowest BCUT2D eigenvalue weighted by Crippen LogP contribution is -2.13. The molecule has 0 saturated heterocycles. The van der Waals surface area contributed by atoms with Crippen molar-refractivity contribution in [2.24, 2.45) is 0 Å². The molecule has 0 fully saturated rings. The molecular formula is C17H16FNO6S2. The van der Waals surface area contributed by atoms with Gasteiger partial charge in [-0.2, -0.15) is 0 Å². The Labute approximate surface area is 162 Å². The number of benzene rings is 1. The molecule has 1 aromatic carbocycles. The van der Waals surface area contributed by atoms with Crippen molar-refractivity contribution >= 4 is 46.0 Å². The third-order valence-electron chi connectivity index (χ3n) is 3.34. The smallest absolute Gasteiger partial charge is 0.348 e. The van der Waals surface area contributed by atoms with E-state index in [1.165, 1.54) is 38.5 Å². The Kier molecular flexibility index (Phi) is 7.19. The highest BCUT2D eigenvalue weighted by molar-refractivity contribution is 8.00. The van der Waals surface area contributed by atoms with Gasteiger partial charge in [-0.15, -0.1) is 23.1 Å². The zero-order valence-electron chi connectivity index (χ0n) is 14.4. The normalized spacial score (nSPS) is 10.3. The number of hydrogen-bond acceptors (Lipinski definition) is 9. The number of thioether (sulfide) groups is 1. The van der Waals surface area contributed by atoms with Gasteiger partial charge >= 0.3 is 17.9 Å². The summed E-state index contributed by atoms with van der Waals surface area (Å²) in [5, 5.41) is 0.0639. The van der Waals surface area contributed by atoms with E-state index in [2.05, 4.69) is 9.47 Å². The van der Waals surface area contributed by atoms with Gasteiger partial charge in [-0.3, -0.25) is 4.79 Å². The Morgan fingerprint density at radius 3 is 2.33 bits per heavy atom. The molecule has 1 heterocycles. The largest absolute Gasteiger partial charge is 0.465 e. The number of carbonyl (C=O) groups is 3. The Hall–Kier alpha value is -2.59. The lowest BCUT2D eigenvalue weighted by molar-refractivity contribution is -0.141. The van der Waals surface area contributed by atoms with E-state index in [1.54, 1.807) is 0 Å². The first-order valence-corrected chi connectivity index (χ1v) is 9.29. The fourth-order valence-electron chi connectivity index (χ4n) is 2.07. The van der Waals surface area contributed by atoms with Crippen LogP contribution in [0.15, 0.2) is 29.2 Å². The average Bonchev–Trinajstić information content (AvgIpc) is 3.00. The van der Waals surface area contributed by atoms with Crippen LogP contribution in [-0.4, -0.2) is 37.9 Å². The fraction of sp³-hybridized carbons (Fsp3) is 0.235. The van der Waals surface area contributed by atoms with Gasteiger partial charge in [0.05, 0.1) is 20.0 Å². The highest BCUT2D eigenvalue weighted by Crippen LogP contribution is 2.33. The summed E-state index contributed by atoms with van der Waals surface area (Å²) in [5.74, 6) is -2.44. The minimum Gasteiger partial charge on any atom is -0.465 e. The van der Waals surface area contributed by atoms with Crippen LogP contribution in [0.25, 0.3) is 0 Å². The Morgan fingerprint density at radius 1 is 1.11 bits per heavy atom. The summed E-state index contributed by atoms with van der Waals surface area (Å²) in [6, 6.07) is 5.65. The number of esters is 3. The van der Waals surface area contributed by atoms with Crippen LogP contribution in [0.5, 0.6) is 0 Å². The average molecular weight is 413 g/mol. The molecule has 2 aromatic rings. The third kappa shape index (κ3) is 5.20. The molecule has 2 rings (SSSR count). The maximum absolute atomic E-state index is 12.9. The van der Waals surface area contributed by atoms with Gasteiger partial charge in [-0.1, -0.05) is 0 Å². The highest BCUT2D eigenvalue weighted by Gasteiger charge is 2.28. The van der Waals surface area contributed by atoms with Crippen molar-refractivity contribution in [3.05, 3.63) is 46.1 Å². The number of hydrogen-bond donors (Lipinski definition) is 1. The molecule has 144 valence electrons. The Balaban J connectivity index is 2.08. The molecule has 10 heteroatoms. The lowest BCUT2D eigenvalue weighted by Gasteiger charge is -2.08. The molecule has 27 heavy (non-hydrogen) atoms. The summed E-state index contributed by atoms with van der Waals surface area (Å²) >= 11 is 2.01. The van der Waals surface area contributed by atoms with Crippen molar-refractivity contribution in [2.45, 2.75) is 11.5 Å². The zero-order valence-corrected chi connectivity index (χ0v) is 16.1. The molecule has 0 unspecified atom stereocenters. The monoisotopic (exact) mass is 413 g/mol. The molecule has 0 saturated carbocycles. The van der Waals surface area contributed by atoms with Crippen molar-refractivity contribution in [2.75, 3.05) is 25.7 Å². The summed E-state index contributed by atoms with van der Waals surface area (Å²) in [6.07, 6.45) is 0. The summed E-state index contributed by atoms with van der Waals surface area (Å²) in [7, 11) is 2.36. The SMILES string of the molecule is COC(=O)c1sc(N)c(C(=O)OC)c1COC(=O)CSc1ccc(F)cc1. The lowest BCUT2D eigenvalue weighted by atomic mass is 10.1. The minimum atomic E-state index is -0.745. The van der Waals surface area contributed by atoms with Gasteiger partial charge in [0.25, 0.3) is 0 Å². The number of anilines is 1. The molecule has 0 aliphatic carbocycles. The zero-order chi connectivity index (χ0) is 20.0. The summed E-state index contributed by atoms with van der Waals surface area (Å²) < 4.78 is 27.4. The van der Waals surface area contributed by atoms with Gasteiger partial charge in [-0.25, -0.2) is 14.0 Å². The summed E-state index contributed by atoms with van der Waals surface area (Å²) in [4.78, 5) is 36.6. The standard InChI is InChI=1S/C17H16FNO6S2/c1-23-16(21)13-11(14(17(22)24-2)27-15(13)19)7-25-12(20)8-26-10-5-3-9(18)4-6-10/h3-6H,7-8,19H2,1-2H3. The van der Waals surface area contributed by atoms with E-state index in [0.717, 1.165) is 23.1 Å². The van der Waals surface area contributed by atoms with Crippen molar-refractivity contribution in [1.82, 2.24) is 0 Å². The van der Waals surface area contributed by atoms with Gasteiger partial charge in [0, 0.05) is 10.5 Å². The summed E-state index contributed by atoms with van der Waals surface area (Å²) in [6.45, 7) is -0.342. The van der Waals surface area contributed by atoms with Crippen molar-refractivity contribution < 1.29 is 33.0 Å². The molecule has 0 aliphatic rings. The number of halogens is 1. The van der Waals surface area contributed by atoms with Gasteiger partial charge in [0.1, 0.15) is 27.9 Å². The molecule has 0 amide bonds. The first-order chi connectivity index (χ1) is 12.9. The van der Waals surface area contributed by atoms with Crippen LogP contribution in [0, 0.1) is 5.82 Å². The highest BCUT2D eigenvalue weighted by atomic mass is 32.2. The van der Waals surface area contributed by atoms with E-state index in [-0.39, 0.29) is 39.2 Å². The second kappa shape index (κ2) is 9.38. The van der Waals surface area contributed by atoms with Crippen molar-refractivity contribution in [3.63, 3.8) is 0 Å². The molecule has 0 aliphatic heterocycles. The predicted octanol–water partition coefficient (Wildman–Crippen LogP) is 2.88. The van der Waals surface area contributed by atoms with Gasteiger partial charge in [0.15, 0.2) is 0 Å². The van der Waals surface area contributed by atoms with Crippen LogP contribution in [0.3, 0.4) is 0 Å². The molecule has 0 radical (unpaired) electrons. The molecule has 0 atom stereocenters. The molecule has 2 N–H and O–H groups in total. The predicted molar refractivity (Wildman–Crippen MR) is 98.3 cm³/mol. The van der Waals surface area contributed by atoms with E-state index >= 15 is 0 Å². The van der Waals surface area contributed by atoms with E-state index in [9.17, 15) is 18.8 Å². The molecular weight excluding hydrogens is 397 g/mol. The van der Waals surface area contributed by atoms with Crippen LogP contribution in [0.4, 0.5) is 9.39 Å². The van der Waals surface area contributed by atoms with Gasteiger partial charge < -0.3 is 19.9 Å². The number of nitrogens with two attached hydrogens (primary N) is 1. The second-order valence-corrected chi connectivity index (χ2v) is 7.14. The van der Waals surface area contributed by atoms with Crippen LogP contribution >= 0.6 is 23.1 Å². The topological polar surface area (TPSA) is 105 Å². The Morgan fingerprint density at radius 2 is 1.74 bits per heavy atom. The number of nitrogen functional groups attached to an aromatic ring is 1. The van der Waals surface area contributed by atoms with Crippen LogP contribution < -0.4 is 5.73 Å². The maximum Gasteiger partial charge on any atom is 0.348 e. The number of rotatable bonds is 7. The minimum absolute atomic E-state index is 0.0260. The third-order valence-corrected chi connectivity index (χ3v) is 5.37. The number of carbonyl (C=O) groups excluding carboxylic acids is 3.